The maximum atomic E-state index is 13.2. The zero-order valence-corrected chi connectivity index (χ0v) is 13.8. The molecule has 1 aromatic heterocycles. The van der Waals surface area contributed by atoms with Gasteiger partial charge in [0.1, 0.15) is 11.6 Å². The normalized spacial score (nSPS) is 18.4. The summed E-state index contributed by atoms with van der Waals surface area (Å²) >= 11 is 0. The van der Waals surface area contributed by atoms with E-state index in [0.29, 0.717) is 12.4 Å². The highest BCUT2D eigenvalue weighted by molar-refractivity contribution is 5.88. The molecule has 1 saturated heterocycles. The number of aryl methyl sites for hydroxylation is 2. The van der Waals surface area contributed by atoms with E-state index in [4.69, 9.17) is 4.74 Å². The number of urea groups is 1. The average Bonchev–Trinajstić information content (AvgIpc) is 3.16. The second kappa shape index (κ2) is 7.00. The zero-order chi connectivity index (χ0) is 17.1. The van der Waals surface area contributed by atoms with Crippen molar-refractivity contribution in [1.82, 2.24) is 15.1 Å². The molecule has 7 heteroatoms. The Morgan fingerprint density at radius 3 is 2.75 bits per heavy atom. The van der Waals surface area contributed by atoms with Crippen LogP contribution in [0.1, 0.15) is 30.1 Å². The summed E-state index contributed by atoms with van der Waals surface area (Å²) in [5, 5.41) is 9.92. The van der Waals surface area contributed by atoms with E-state index in [1.54, 1.807) is 29.9 Å². The largest absolute Gasteiger partial charge is 0.376 e. The van der Waals surface area contributed by atoms with Gasteiger partial charge in [0.15, 0.2) is 0 Å². The highest BCUT2D eigenvalue weighted by Gasteiger charge is 2.29. The standard InChI is InChI=1S/C17H21FN4O2/c1-11-10-15(22(2)21-11)19-17(23)20-16(14-4-3-9-24-14)12-5-7-13(18)8-6-12/h5-8,10,14,16H,3-4,9H2,1-2H3,(H2,19,20,23)/t14-,16-/m1/s1. The van der Waals surface area contributed by atoms with Crippen molar-refractivity contribution in [1.29, 1.82) is 0 Å². The van der Waals surface area contributed by atoms with Crippen molar-refractivity contribution >= 4 is 11.8 Å². The molecule has 0 saturated carbocycles. The number of hydrogen-bond acceptors (Lipinski definition) is 3. The van der Waals surface area contributed by atoms with Gasteiger partial charge < -0.3 is 10.1 Å². The Hall–Kier alpha value is -2.41. The monoisotopic (exact) mass is 332 g/mol. The molecular formula is C17H21FN4O2. The number of nitrogens with one attached hydrogen (secondary N) is 2. The first-order chi connectivity index (χ1) is 11.5. The third kappa shape index (κ3) is 3.73. The van der Waals surface area contributed by atoms with Crippen LogP contribution in [0, 0.1) is 12.7 Å². The lowest BCUT2D eigenvalue weighted by Gasteiger charge is -2.25. The van der Waals surface area contributed by atoms with Crippen LogP contribution in [0.25, 0.3) is 0 Å². The van der Waals surface area contributed by atoms with Crippen LogP contribution in [-0.4, -0.2) is 28.5 Å². The number of carbonyl (C=O) groups is 1. The first-order valence-electron chi connectivity index (χ1n) is 7.98. The van der Waals surface area contributed by atoms with Gasteiger partial charge in [-0.25, -0.2) is 9.18 Å². The lowest BCUT2D eigenvalue weighted by Crippen LogP contribution is -2.39. The highest BCUT2D eigenvalue weighted by atomic mass is 19.1. The Labute approximate surface area is 140 Å². The fraction of sp³-hybridized carbons (Fsp3) is 0.412. The maximum absolute atomic E-state index is 13.2. The highest BCUT2D eigenvalue weighted by Crippen LogP contribution is 2.27. The number of aromatic nitrogens is 2. The lowest BCUT2D eigenvalue weighted by atomic mass is 9.99. The Kier molecular flexibility index (Phi) is 4.80. The molecule has 1 aliphatic heterocycles. The fourth-order valence-corrected chi connectivity index (χ4v) is 2.95. The summed E-state index contributed by atoms with van der Waals surface area (Å²) in [6.45, 7) is 2.53. The summed E-state index contributed by atoms with van der Waals surface area (Å²) in [5.41, 5.74) is 1.64. The molecule has 0 unspecified atom stereocenters. The van der Waals surface area contributed by atoms with Gasteiger partial charge in [-0.15, -0.1) is 0 Å². The van der Waals surface area contributed by atoms with Gasteiger partial charge in [-0.1, -0.05) is 12.1 Å². The second-order valence-electron chi connectivity index (χ2n) is 5.97. The molecule has 1 aliphatic rings. The molecule has 1 fully saturated rings. The van der Waals surface area contributed by atoms with Gasteiger partial charge in [0.05, 0.1) is 17.8 Å². The summed E-state index contributed by atoms with van der Waals surface area (Å²) < 4.78 is 20.5. The molecule has 1 aromatic carbocycles. The molecule has 2 N–H and O–H groups in total. The van der Waals surface area contributed by atoms with E-state index in [1.165, 1.54) is 12.1 Å². The molecule has 0 aliphatic carbocycles. The molecular weight excluding hydrogens is 311 g/mol. The Morgan fingerprint density at radius 2 is 2.17 bits per heavy atom. The van der Waals surface area contributed by atoms with Crippen molar-refractivity contribution in [3.05, 3.63) is 47.4 Å². The first kappa shape index (κ1) is 16.4. The molecule has 2 amide bonds. The average molecular weight is 332 g/mol. The number of benzene rings is 1. The number of rotatable bonds is 4. The predicted molar refractivity (Wildman–Crippen MR) is 88.2 cm³/mol. The molecule has 0 radical (unpaired) electrons. The molecule has 128 valence electrons. The summed E-state index contributed by atoms with van der Waals surface area (Å²) in [6, 6.07) is 7.25. The number of ether oxygens (including phenoxy) is 1. The quantitative estimate of drug-likeness (QED) is 0.904. The summed E-state index contributed by atoms with van der Waals surface area (Å²) in [5.74, 6) is 0.301. The van der Waals surface area contributed by atoms with Crippen molar-refractivity contribution in [3.63, 3.8) is 0 Å². The minimum atomic E-state index is -0.345. The summed E-state index contributed by atoms with van der Waals surface area (Å²) in [6.07, 6.45) is 1.69. The maximum Gasteiger partial charge on any atom is 0.320 e. The predicted octanol–water partition coefficient (Wildman–Crippen LogP) is 2.91. The van der Waals surface area contributed by atoms with E-state index in [1.807, 2.05) is 6.92 Å². The summed E-state index contributed by atoms with van der Waals surface area (Å²) in [4.78, 5) is 12.4. The van der Waals surface area contributed by atoms with Gasteiger partial charge in [0, 0.05) is 19.7 Å². The lowest BCUT2D eigenvalue weighted by molar-refractivity contribution is 0.0815. The number of nitrogens with zero attached hydrogens (tertiary/aromatic N) is 2. The van der Waals surface area contributed by atoms with Crippen LogP contribution in [0.2, 0.25) is 0 Å². The molecule has 6 nitrogen and oxygen atoms in total. The minimum Gasteiger partial charge on any atom is -0.376 e. The number of halogens is 1. The smallest absolute Gasteiger partial charge is 0.320 e. The first-order valence-corrected chi connectivity index (χ1v) is 7.98. The van der Waals surface area contributed by atoms with Crippen LogP contribution in [0.4, 0.5) is 15.0 Å². The number of carbonyl (C=O) groups excluding carboxylic acids is 1. The third-order valence-corrected chi connectivity index (χ3v) is 4.10. The fourth-order valence-electron chi connectivity index (χ4n) is 2.95. The van der Waals surface area contributed by atoms with Crippen LogP contribution in [-0.2, 0) is 11.8 Å². The molecule has 0 bridgehead atoms. The van der Waals surface area contributed by atoms with E-state index < -0.39 is 0 Å². The molecule has 2 atom stereocenters. The molecule has 24 heavy (non-hydrogen) atoms. The Morgan fingerprint density at radius 1 is 1.42 bits per heavy atom. The molecule has 3 rings (SSSR count). The van der Waals surface area contributed by atoms with Gasteiger partial charge in [-0.05, 0) is 37.5 Å². The topological polar surface area (TPSA) is 68.2 Å². The van der Waals surface area contributed by atoms with E-state index in [-0.39, 0.29) is 24.0 Å². The summed E-state index contributed by atoms with van der Waals surface area (Å²) in [7, 11) is 1.76. The van der Waals surface area contributed by atoms with E-state index in [0.717, 1.165) is 24.1 Å². The zero-order valence-electron chi connectivity index (χ0n) is 13.8. The molecule has 2 aromatic rings. The van der Waals surface area contributed by atoms with E-state index in [2.05, 4.69) is 15.7 Å². The SMILES string of the molecule is Cc1cc(NC(=O)N[C@H](c2ccc(F)cc2)[C@H]2CCCO2)n(C)n1. The molecule has 2 heterocycles. The van der Waals surface area contributed by atoms with Crippen LogP contribution in [0.15, 0.2) is 30.3 Å². The van der Waals surface area contributed by atoms with Crippen LogP contribution < -0.4 is 10.6 Å². The van der Waals surface area contributed by atoms with Gasteiger partial charge in [0.2, 0.25) is 0 Å². The van der Waals surface area contributed by atoms with E-state index >= 15 is 0 Å². The van der Waals surface area contributed by atoms with Gasteiger partial charge in [-0.3, -0.25) is 10.00 Å². The third-order valence-electron chi connectivity index (χ3n) is 4.10. The van der Waals surface area contributed by atoms with Gasteiger partial charge >= 0.3 is 6.03 Å². The van der Waals surface area contributed by atoms with Crippen molar-refractivity contribution in [3.8, 4) is 0 Å². The number of anilines is 1. The van der Waals surface area contributed by atoms with Crippen LogP contribution in [0.5, 0.6) is 0 Å². The van der Waals surface area contributed by atoms with Gasteiger partial charge in [0.25, 0.3) is 0 Å². The van der Waals surface area contributed by atoms with Crippen LogP contribution in [0.3, 0.4) is 0 Å². The Balaban J connectivity index is 1.74. The number of hydrogen-bond donors (Lipinski definition) is 2. The van der Waals surface area contributed by atoms with Crippen molar-refractivity contribution in [2.75, 3.05) is 11.9 Å². The Bertz CT molecular complexity index is 708. The van der Waals surface area contributed by atoms with Crippen molar-refractivity contribution in [2.45, 2.75) is 31.9 Å². The van der Waals surface area contributed by atoms with Crippen molar-refractivity contribution < 1.29 is 13.9 Å². The van der Waals surface area contributed by atoms with Crippen molar-refractivity contribution in [2.24, 2.45) is 7.05 Å². The number of amides is 2. The second-order valence-corrected chi connectivity index (χ2v) is 5.97. The van der Waals surface area contributed by atoms with Gasteiger partial charge in [-0.2, -0.15) is 5.10 Å². The minimum absolute atomic E-state index is 0.116. The van der Waals surface area contributed by atoms with E-state index in [9.17, 15) is 9.18 Å². The van der Waals surface area contributed by atoms with Crippen LogP contribution >= 0.6 is 0 Å². The molecule has 0 spiro atoms.